The fourth-order valence-corrected chi connectivity index (χ4v) is 8.82. The third-order valence-electron chi connectivity index (χ3n) is 10.7. The summed E-state index contributed by atoms with van der Waals surface area (Å²) in [6, 6.07) is 39.1. The van der Waals surface area contributed by atoms with E-state index in [0.29, 0.717) is 6.42 Å². The lowest BCUT2D eigenvalue weighted by Gasteiger charge is -2.27. The van der Waals surface area contributed by atoms with Crippen LogP contribution < -0.4 is 10.6 Å². The quantitative estimate of drug-likeness (QED) is 0.172. The summed E-state index contributed by atoms with van der Waals surface area (Å²) >= 11 is 10.3. The number of halogens is 3. The van der Waals surface area contributed by atoms with Crippen LogP contribution in [0, 0.1) is 0 Å². The third-order valence-corrected chi connectivity index (χ3v) is 12.2. The molecule has 3 atom stereocenters. The van der Waals surface area contributed by atoms with E-state index >= 15 is 0 Å². The van der Waals surface area contributed by atoms with Gasteiger partial charge in [0, 0.05) is 19.3 Å². The molecule has 3 aliphatic heterocycles. The summed E-state index contributed by atoms with van der Waals surface area (Å²) in [6.45, 7) is 6.54. The Kier molecular flexibility index (Phi) is 11.2. The summed E-state index contributed by atoms with van der Waals surface area (Å²) in [7, 11) is 0. The predicted octanol–water partition coefficient (Wildman–Crippen LogP) is 10.8. The van der Waals surface area contributed by atoms with Gasteiger partial charge in [0.05, 0.1) is 22.3 Å². The number of amides is 1. The highest BCUT2D eigenvalue weighted by atomic mass is 79.9. The number of aromatic nitrogens is 4. The number of nitrogens with one attached hydrogen (secondary N) is 2. The van der Waals surface area contributed by atoms with Gasteiger partial charge in [-0.3, -0.25) is 9.79 Å². The summed E-state index contributed by atoms with van der Waals surface area (Å²) in [5.41, 5.74) is 6.32. The van der Waals surface area contributed by atoms with Gasteiger partial charge in [-0.1, -0.05) is 91.0 Å². The zero-order valence-corrected chi connectivity index (χ0v) is 35.2. The topological polar surface area (TPSA) is 97.1 Å². The lowest BCUT2D eigenvalue weighted by atomic mass is 9.90. The maximum absolute atomic E-state index is 11.1. The molecule has 0 saturated carbocycles. The van der Waals surface area contributed by atoms with Crippen LogP contribution in [-0.2, 0) is 27.8 Å². The maximum Gasteiger partial charge on any atom is 0.220 e. The number of imidazole rings is 1. The van der Waals surface area contributed by atoms with Crippen molar-refractivity contribution >= 4 is 76.4 Å². The second kappa shape index (κ2) is 15.9. The van der Waals surface area contributed by atoms with Gasteiger partial charge in [0.25, 0.3) is 0 Å². The summed E-state index contributed by atoms with van der Waals surface area (Å²) in [4.78, 5) is 29.7. The van der Waals surface area contributed by atoms with Crippen molar-refractivity contribution in [2.75, 3.05) is 5.32 Å². The third kappa shape index (κ3) is 8.09. The second-order valence-corrected chi connectivity index (χ2v) is 16.9. The maximum atomic E-state index is 11.1. The van der Waals surface area contributed by atoms with Crippen molar-refractivity contribution in [2.45, 2.75) is 75.9 Å². The number of hydrogen-bond donors (Lipinski definition) is 2. The van der Waals surface area contributed by atoms with Crippen molar-refractivity contribution in [1.29, 1.82) is 0 Å². The summed E-state index contributed by atoms with van der Waals surface area (Å²) < 4.78 is 4.76. The van der Waals surface area contributed by atoms with Crippen LogP contribution in [0.4, 0.5) is 5.69 Å². The van der Waals surface area contributed by atoms with Gasteiger partial charge in [0.15, 0.2) is 5.65 Å². The van der Waals surface area contributed by atoms with E-state index in [1.165, 1.54) is 16.7 Å². The molecular weight excluding hydrogens is 870 g/mol. The number of anilines is 1. The monoisotopic (exact) mass is 909 g/mol. The van der Waals surface area contributed by atoms with Crippen molar-refractivity contribution in [3.05, 3.63) is 152 Å². The summed E-state index contributed by atoms with van der Waals surface area (Å²) in [5.74, 6) is 2.30. The van der Waals surface area contributed by atoms with Gasteiger partial charge >= 0.3 is 0 Å². The molecule has 54 heavy (non-hydrogen) atoms. The Morgan fingerprint density at radius 2 is 1.26 bits per heavy atom. The van der Waals surface area contributed by atoms with E-state index in [0.717, 1.165) is 74.4 Å². The van der Waals surface area contributed by atoms with Gasteiger partial charge < -0.3 is 15.2 Å². The molecule has 276 valence electrons. The first-order valence-corrected chi connectivity index (χ1v) is 20.5. The first-order valence-electron chi connectivity index (χ1n) is 18.2. The van der Waals surface area contributed by atoms with Gasteiger partial charge in [-0.05, 0) is 129 Å². The SMILES string of the molecule is CC1(c2ccccc2)CCC(=O)N1.CC1(c2ccccc2)CCC(Nc2ccc(Br)nc2Br)=N1.CC1(c2ccccc2)CCc2nc3ccc(Br)nc3n21. The first kappa shape index (κ1) is 38.1. The van der Waals surface area contributed by atoms with E-state index in [1.54, 1.807) is 0 Å². The number of nitrogens with zero attached hydrogens (tertiary/aromatic N) is 5. The molecule has 1 fully saturated rings. The molecule has 8 nitrogen and oxygen atoms in total. The number of fused-ring (bicyclic) bond motifs is 3. The Morgan fingerprint density at radius 3 is 1.89 bits per heavy atom. The molecule has 3 unspecified atom stereocenters. The molecule has 3 aliphatic rings. The highest BCUT2D eigenvalue weighted by molar-refractivity contribution is 9.11. The predicted molar refractivity (Wildman–Crippen MR) is 228 cm³/mol. The molecule has 0 radical (unpaired) electrons. The highest BCUT2D eigenvalue weighted by Gasteiger charge is 2.38. The number of amidine groups is 1. The fraction of sp³-hybridized carbons (Fsp3) is 0.279. The van der Waals surface area contributed by atoms with Crippen molar-refractivity contribution in [1.82, 2.24) is 24.8 Å². The molecule has 3 aromatic carbocycles. The number of carbonyl (C=O) groups excluding carboxylic acids is 1. The van der Waals surface area contributed by atoms with Crippen molar-refractivity contribution in [2.24, 2.45) is 4.99 Å². The lowest BCUT2D eigenvalue weighted by molar-refractivity contribution is -0.119. The second-order valence-electron chi connectivity index (χ2n) is 14.5. The number of aliphatic imine (C=N–C) groups is 1. The normalized spacial score (nSPS) is 22.7. The molecule has 2 N–H and O–H groups in total. The van der Waals surface area contributed by atoms with Crippen molar-refractivity contribution in [3.63, 3.8) is 0 Å². The van der Waals surface area contributed by atoms with E-state index in [4.69, 9.17) is 9.98 Å². The number of pyridine rings is 2. The molecule has 9 rings (SSSR count). The van der Waals surface area contributed by atoms with E-state index in [2.05, 4.69) is 160 Å². The van der Waals surface area contributed by atoms with Crippen LogP contribution in [-0.4, -0.2) is 31.3 Å². The molecule has 0 aliphatic carbocycles. The molecule has 11 heteroatoms. The van der Waals surface area contributed by atoms with E-state index < -0.39 is 0 Å². The van der Waals surface area contributed by atoms with Crippen LogP contribution in [0.1, 0.15) is 75.4 Å². The lowest BCUT2D eigenvalue weighted by Crippen LogP contribution is -2.35. The van der Waals surface area contributed by atoms with Crippen LogP contribution in [0.2, 0.25) is 0 Å². The van der Waals surface area contributed by atoms with Crippen LogP contribution in [0.3, 0.4) is 0 Å². The molecule has 3 aromatic heterocycles. The molecular formula is C43H42Br3N7O. The zero-order valence-electron chi connectivity index (χ0n) is 30.5. The Balaban J connectivity index is 0.000000129. The fourth-order valence-electron chi connectivity index (χ4n) is 7.55. The Bertz CT molecular complexity index is 2300. The Morgan fingerprint density at radius 1 is 0.648 bits per heavy atom. The van der Waals surface area contributed by atoms with Gasteiger partial charge in [0.2, 0.25) is 5.91 Å². The van der Waals surface area contributed by atoms with Crippen LogP contribution >= 0.6 is 47.8 Å². The minimum absolute atomic E-state index is 0.0564. The van der Waals surface area contributed by atoms with Crippen LogP contribution in [0.25, 0.3) is 11.2 Å². The number of rotatable bonds is 4. The van der Waals surface area contributed by atoms with Gasteiger partial charge in [-0.2, -0.15) is 0 Å². The minimum Gasteiger partial charge on any atom is -0.347 e. The molecule has 1 amide bonds. The van der Waals surface area contributed by atoms with E-state index in [1.807, 2.05) is 48.5 Å². The number of hydrogen-bond acceptors (Lipinski definition) is 6. The zero-order chi connectivity index (χ0) is 37.9. The number of benzene rings is 3. The van der Waals surface area contributed by atoms with Gasteiger partial charge in [-0.15, -0.1) is 0 Å². The standard InChI is InChI=1S/C16H15Br2N3.C16H14BrN3.C11H13NO/c1-16(11-5-3-2-4-6-11)10-9-14(21-16)19-12-7-8-13(17)20-15(12)18;1-16(11-5-3-2-4-6-11)10-9-14-18-12-7-8-13(17)19-15(12)20(14)16;1-11(8-7-10(13)12-11)9-5-3-2-4-6-9/h2-8H,9-10H2,1H3,(H,19,21);2-8H,9-10H2,1H3;2-6H,7-8H2,1H3,(H,12,13). The minimum atomic E-state index is -0.141. The van der Waals surface area contributed by atoms with Gasteiger partial charge in [0.1, 0.15) is 31.0 Å². The first-order chi connectivity index (χ1) is 26.0. The molecule has 1 saturated heterocycles. The number of aryl methyl sites for hydroxylation is 1. The Labute approximate surface area is 341 Å². The average Bonchev–Trinajstić information content (AvgIpc) is 3.95. The van der Waals surface area contributed by atoms with E-state index in [9.17, 15) is 4.79 Å². The summed E-state index contributed by atoms with van der Waals surface area (Å²) in [5, 5.41) is 6.39. The van der Waals surface area contributed by atoms with Gasteiger partial charge in [-0.25, -0.2) is 15.0 Å². The highest BCUT2D eigenvalue weighted by Crippen LogP contribution is 2.40. The van der Waals surface area contributed by atoms with Crippen molar-refractivity contribution in [3.8, 4) is 0 Å². The largest absolute Gasteiger partial charge is 0.347 e. The van der Waals surface area contributed by atoms with E-state index in [-0.39, 0.29) is 22.5 Å². The molecule has 0 bridgehead atoms. The molecule has 6 heterocycles. The van der Waals surface area contributed by atoms with Crippen LogP contribution in [0.5, 0.6) is 0 Å². The molecule has 6 aromatic rings. The summed E-state index contributed by atoms with van der Waals surface area (Å²) in [6.07, 6.45) is 5.57. The van der Waals surface area contributed by atoms with Crippen LogP contribution in [0.15, 0.2) is 134 Å². The number of carbonyl (C=O) groups is 1. The molecule has 0 spiro atoms. The van der Waals surface area contributed by atoms with Crippen molar-refractivity contribution < 1.29 is 4.79 Å². The smallest absolute Gasteiger partial charge is 0.220 e. The average molecular weight is 913 g/mol. The Hall–Kier alpha value is -4.19.